The average molecular weight is 564 g/mol. The van der Waals surface area contributed by atoms with E-state index in [9.17, 15) is 38.4 Å². The number of carbonyl (C=O) groups excluding carboxylic acids is 8. The topological polar surface area (TPSA) is 259 Å². The number of carbonyl (C=O) groups is 8. The van der Waals surface area contributed by atoms with Gasteiger partial charge in [-0.3, -0.25) is 38.4 Å². The summed E-state index contributed by atoms with van der Waals surface area (Å²) in [6.07, 6.45) is 0. The highest BCUT2D eigenvalue weighted by atomic mass is 16.2. The molecule has 0 heterocycles. The molecule has 1 rings (SSSR count). The van der Waals surface area contributed by atoms with Crippen LogP contribution in [0.25, 0.3) is 0 Å². The first kappa shape index (κ1) is 33.0. The molecule has 0 aliphatic carbocycles. The van der Waals surface area contributed by atoms with Crippen LogP contribution in [-0.4, -0.2) is 99.6 Å². The summed E-state index contributed by atoms with van der Waals surface area (Å²) in [6, 6.07) is 9.18. The zero-order valence-corrected chi connectivity index (χ0v) is 21.6. The minimum Gasteiger partial charge on any atom is -0.350 e. The molecule has 0 aliphatic rings. The second-order valence-electron chi connectivity index (χ2n) is 7.90. The van der Waals surface area contributed by atoms with Crippen LogP contribution in [0.5, 0.6) is 0 Å². The molecule has 0 spiro atoms. The third kappa shape index (κ3) is 16.6. The van der Waals surface area contributed by atoms with Crippen LogP contribution in [0.15, 0.2) is 30.3 Å². The highest BCUT2D eigenvalue weighted by Crippen LogP contribution is 1.96. The number of nitrogens with two attached hydrogens (primary N) is 1. The van der Waals surface area contributed by atoms with Crippen molar-refractivity contribution >= 4 is 47.3 Å². The van der Waals surface area contributed by atoms with E-state index in [-0.39, 0.29) is 19.6 Å². The molecule has 0 fully saturated rings. The molecule has 218 valence electrons. The van der Waals surface area contributed by atoms with Gasteiger partial charge < -0.3 is 48.3 Å². The molecular formula is C23H33N9O8. The van der Waals surface area contributed by atoms with E-state index in [1.54, 1.807) is 0 Å². The fourth-order valence-electron chi connectivity index (χ4n) is 2.56. The second kappa shape index (κ2) is 19.1. The van der Waals surface area contributed by atoms with E-state index in [2.05, 4.69) is 42.5 Å². The van der Waals surface area contributed by atoms with Gasteiger partial charge in [0.25, 0.3) is 0 Å². The van der Waals surface area contributed by atoms with Crippen molar-refractivity contribution in [1.29, 1.82) is 0 Å². The van der Waals surface area contributed by atoms with E-state index >= 15 is 0 Å². The molecule has 0 unspecified atom stereocenters. The monoisotopic (exact) mass is 563 g/mol. The normalized spacial score (nSPS) is 9.82. The Morgan fingerprint density at radius 3 is 1.00 bits per heavy atom. The van der Waals surface area contributed by atoms with Gasteiger partial charge in [-0.1, -0.05) is 30.3 Å². The number of hydrogen-bond donors (Lipinski definition) is 9. The van der Waals surface area contributed by atoms with Gasteiger partial charge in [-0.05, 0) is 5.56 Å². The number of hydrogen-bond acceptors (Lipinski definition) is 9. The quantitative estimate of drug-likeness (QED) is 0.0872. The summed E-state index contributed by atoms with van der Waals surface area (Å²) in [5.74, 6) is -4.98. The molecular weight excluding hydrogens is 530 g/mol. The Labute approximate surface area is 229 Å². The summed E-state index contributed by atoms with van der Waals surface area (Å²) in [4.78, 5) is 92.9. The SMILES string of the molecule is NCC(=O)NCC(=O)NCC(=O)NCC(=O)NCC(=O)NCC(=O)NCC(=O)NCC(=O)NCc1ccccc1. The first-order chi connectivity index (χ1) is 19.1. The van der Waals surface area contributed by atoms with Gasteiger partial charge in [-0.2, -0.15) is 0 Å². The maximum absolute atomic E-state index is 11.8. The van der Waals surface area contributed by atoms with Crippen LogP contribution >= 0.6 is 0 Å². The van der Waals surface area contributed by atoms with E-state index in [0.29, 0.717) is 6.54 Å². The minimum absolute atomic E-state index is 0.276. The molecule has 17 nitrogen and oxygen atoms in total. The maximum atomic E-state index is 11.8. The van der Waals surface area contributed by atoms with E-state index in [1.165, 1.54) is 0 Å². The predicted molar refractivity (Wildman–Crippen MR) is 138 cm³/mol. The molecule has 1 aromatic carbocycles. The average Bonchev–Trinajstić information content (AvgIpc) is 2.96. The molecule has 0 saturated carbocycles. The Morgan fingerprint density at radius 1 is 0.425 bits per heavy atom. The summed E-state index contributed by atoms with van der Waals surface area (Å²) in [6.45, 7) is -2.92. The summed E-state index contributed by atoms with van der Waals surface area (Å²) in [5, 5.41) is 18.3. The molecule has 0 aromatic heterocycles. The molecule has 0 bridgehead atoms. The standard InChI is InChI=1S/C23H33N9O8/c24-6-16(33)26-8-18(35)28-10-20(37)30-12-22(39)32-14-23(40)31-13-21(38)29-11-19(36)27-9-17(34)25-7-15-4-2-1-3-5-15/h1-5H,6-14,24H2,(H,25,34)(H,26,33)(H,27,36)(H,28,35)(H,29,38)(H,30,37)(H,31,40)(H,32,39). The molecule has 8 amide bonds. The smallest absolute Gasteiger partial charge is 0.239 e. The highest BCUT2D eigenvalue weighted by molar-refractivity contribution is 5.92. The van der Waals surface area contributed by atoms with Gasteiger partial charge in [0.2, 0.25) is 47.3 Å². The van der Waals surface area contributed by atoms with Crippen LogP contribution < -0.4 is 48.3 Å². The van der Waals surface area contributed by atoms with Crippen molar-refractivity contribution in [3.8, 4) is 0 Å². The van der Waals surface area contributed by atoms with E-state index in [0.717, 1.165) is 5.56 Å². The van der Waals surface area contributed by atoms with Crippen molar-refractivity contribution in [3.63, 3.8) is 0 Å². The molecule has 10 N–H and O–H groups in total. The Kier molecular flexibility index (Phi) is 15.7. The molecule has 1 aromatic rings. The van der Waals surface area contributed by atoms with Crippen molar-refractivity contribution in [2.24, 2.45) is 5.73 Å². The van der Waals surface area contributed by atoms with E-state index in [1.807, 2.05) is 30.3 Å². The summed E-state index contributed by atoms with van der Waals surface area (Å²) in [5.41, 5.74) is 5.97. The lowest BCUT2D eigenvalue weighted by atomic mass is 10.2. The molecule has 17 heteroatoms. The van der Waals surface area contributed by atoms with Crippen LogP contribution in [0.1, 0.15) is 5.56 Å². The Bertz CT molecular complexity index is 1070. The van der Waals surface area contributed by atoms with Crippen LogP contribution in [0.4, 0.5) is 0 Å². The van der Waals surface area contributed by atoms with Gasteiger partial charge in [0.1, 0.15) is 0 Å². The fraction of sp³-hybridized carbons (Fsp3) is 0.391. The molecule has 0 atom stereocenters. The van der Waals surface area contributed by atoms with E-state index < -0.39 is 80.0 Å². The zero-order valence-electron chi connectivity index (χ0n) is 21.6. The number of benzene rings is 1. The molecule has 0 saturated heterocycles. The van der Waals surface area contributed by atoms with Gasteiger partial charge in [0.05, 0.1) is 52.4 Å². The second-order valence-corrected chi connectivity index (χ2v) is 7.90. The first-order valence-electron chi connectivity index (χ1n) is 12.0. The minimum atomic E-state index is -0.709. The summed E-state index contributed by atoms with van der Waals surface area (Å²) >= 11 is 0. The Morgan fingerprint density at radius 2 is 0.700 bits per heavy atom. The van der Waals surface area contributed by atoms with Gasteiger partial charge in [-0.25, -0.2) is 0 Å². The van der Waals surface area contributed by atoms with Crippen LogP contribution in [0.3, 0.4) is 0 Å². The molecule has 0 radical (unpaired) electrons. The van der Waals surface area contributed by atoms with Gasteiger partial charge in [0, 0.05) is 6.54 Å². The van der Waals surface area contributed by atoms with Crippen molar-refractivity contribution < 1.29 is 38.4 Å². The summed E-state index contributed by atoms with van der Waals surface area (Å²) in [7, 11) is 0. The maximum Gasteiger partial charge on any atom is 0.239 e. The third-order valence-corrected chi connectivity index (χ3v) is 4.64. The Hall–Kier alpha value is -5.06. The molecule has 0 aliphatic heterocycles. The van der Waals surface area contributed by atoms with E-state index in [4.69, 9.17) is 5.73 Å². The van der Waals surface area contributed by atoms with Crippen molar-refractivity contribution in [3.05, 3.63) is 35.9 Å². The first-order valence-corrected chi connectivity index (χ1v) is 12.0. The fourth-order valence-corrected chi connectivity index (χ4v) is 2.56. The van der Waals surface area contributed by atoms with Crippen LogP contribution in [0, 0.1) is 0 Å². The number of nitrogens with one attached hydrogen (secondary N) is 8. The lowest BCUT2D eigenvalue weighted by Crippen LogP contribution is -2.47. The van der Waals surface area contributed by atoms with Crippen molar-refractivity contribution in [2.45, 2.75) is 6.54 Å². The molecule has 40 heavy (non-hydrogen) atoms. The van der Waals surface area contributed by atoms with Crippen LogP contribution in [0.2, 0.25) is 0 Å². The summed E-state index contributed by atoms with van der Waals surface area (Å²) < 4.78 is 0. The predicted octanol–water partition coefficient (Wildman–Crippen LogP) is -5.93. The number of rotatable bonds is 17. The van der Waals surface area contributed by atoms with Crippen LogP contribution in [-0.2, 0) is 44.9 Å². The highest BCUT2D eigenvalue weighted by Gasteiger charge is 2.12. The largest absolute Gasteiger partial charge is 0.350 e. The zero-order chi connectivity index (χ0) is 29.8. The number of amides is 8. The van der Waals surface area contributed by atoms with Gasteiger partial charge in [-0.15, -0.1) is 0 Å². The van der Waals surface area contributed by atoms with Crippen molar-refractivity contribution in [2.75, 3.05) is 52.4 Å². The Balaban J connectivity index is 2.09. The van der Waals surface area contributed by atoms with Crippen molar-refractivity contribution in [1.82, 2.24) is 42.5 Å². The van der Waals surface area contributed by atoms with Gasteiger partial charge >= 0.3 is 0 Å². The van der Waals surface area contributed by atoms with Gasteiger partial charge in [0.15, 0.2) is 0 Å². The lowest BCUT2D eigenvalue weighted by molar-refractivity contribution is -0.129. The third-order valence-electron chi connectivity index (χ3n) is 4.64. The lowest BCUT2D eigenvalue weighted by Gasteiger charge is -2.10.